The van der Waals surface area contributed by atoms with E-state index in [1.54, 1.807) is 28.4 Å². The van der Waals surface area contributed by atoms with Crippen molar-refractivity contribution in [2.45, 2.75) is 13.1 Å². The third-order valence-corrected chi connectivity index (χ3v) is 4.06. The van der Waals surface area contributed by atoms with Crippen LogP contribution in [0.1, 0.15) is 10.4 Å². The predicted octanol–water partition coefficient (Wildman–Crippen LogP) is 3.27. The van der Waals surface area contributed by atoms with E-state index in [9.17, 15) is 0 Å². The van der Waals surface area contributed by atoms with Crippen LogP contribution in [-0.2, 0) is 13.1 Å². The summed E-state index contributed by atoms with van der Waals surface area (Å²) in [5.74, 6) is 0.856. The summed E-state index contributed by atoms with van der Waals surface area (Å²) in [6, 6.07) is 9.84. The third kappa shape index (κ3) is 3.07. The fraction of sp³-hybridized carbons (Fsp3) is 0.143. The summed E-state index contributed by atoms with van der Waals surface area (Å²) in [4.78, 5) is 5.61. The molecular weight excluding hydrogens is 292 g/mol. The van der Waals surface area contributed by atoms with Gasteiger partial charge in [-0.2, -0.15) is 5.10 Å². The largest absolute Gasteiger partial charge is 0.308 e. The van der Waals surface area contributed by atoms with Gasteiger partial charge in [0.25, 0.3) is 0 Å². The van der Waals surface area contributed by atoms with Gasteiger partial charge in [0.15, 0.2) is 5.82 Å². The average Bonchev–Trinajstić information content (AvgIpc) is 3.11. The highest BCUT2D eigenvalue weighted by atomic mass is 35.5. The van der Waals surface area contributed by atoms with E-state index in [1.165, 1.54) is 4.88 Å². The molecule has 4 nitrogen and oxygen atoms in total. The molecule has 0 aliphatic heterocycles. The van der Waals surface area contributed by atoms with E-state index < -0.39 is 0 Å². The van der Waals surface area contributed by atoms with Gasteiger partial charge in [-0.25, -0.2) is 9.67 Å². The summed E-state index contributed by atoms with van der Waals surface area (Å²) in [5.41, 5.74) is 1.11. The Labute approximate surface area is 126 Å². The standard InChI is InChI=1S/C14H13ClN4S/c15-13-5-4-12(20-13)10-16-9-11-3-1-6-17-14(11)19-8-2-7-18-19/h1-8,16H,9-10H2. The number of rotatable bonds is 5. The molecule has 1 N–H and O–H groups in total. The quantitative estimate of drug-likeness (QED) is 0.786. The van der Waals surface area contributed by atoms with Gasteiger partial charge in [0.1, 0.15) is 0 Å². The number of pyridine rings is 1. The molecular formula is C14H13ClN4S. The van der Waals surface area contributed by atoms with Gasteiger partial charge >= 0.3 is 0 Å². The minimum atomic E-state index is 0.735. The molecule has 0 fully saturated rings. The fourth-order valence-electron chi connectivity index (χ4n) is 1.94. The number of halogens is 1. The van der Waals surface area contributed by atoms with Gasteiger partial charge in [0, 0.05) is 42.1 Å². The van der Waals surface area contributed by atoms with Crippen molar-refractivity contribution in [2.24, 2.45) is 0 Å². The Bertz CT molecular complexity index is 678. The number of aromatic nitrogens is 3. The molecule has 3 aromatic rings. The minimum Gasteiger partial charge on any atom is -0.308 e. The molecule has 3 aromatic heterocycles. The first-order valence-electron chi connectivity index (χ1n) is 6.22. The Morgan fingerprint density at radius 2 is 2.10 bits per heavy atom. The first-order valence-corrected chi connectivity index (χ1v) is 7.41. The molecule has 0 amide bonds. The highest BCUT2D eigenvalue weighted by Gasteiger charge is 2.05. The predicted molar refractivity (Wildman–Crippen MR) is 81.2 cm³/mol. The van der Waals surface area contributed by atoms with Crippen LogP contribution in [-0.4, -0.2) is 14.8 Å². The van der Waals surface area contributed by atoms with Crippen molar-refractivity contribution in [3.8, 4) is 5.82 Å². The van der Waals surface area contributed by atoms with Crippen LogP contribution >= 0.6 is 22.9 Å². The number of nitrogens with one attached hydrogen (secondary N) is 1. The van der Waals surface area contributed by atoms with E-state index >= 15 is 0 Å². The maximum absolute atomic E-state index is 5.92. The van der Waals surface area contributed by atoms with Gasteiger partial charge in [-0.05, 0) is 24.3 Å². The SMILES string of the molecule is Clc1ccc(CNCc2cccnc2-n2cccn2)s1. The molecule has 0 saturated carbocycles. The molecule has 20 heavy (non-hydrogen) atoms. The highest BCUT2D eigenvalue weighted by molar-refractivity contribution is 7.16. The van der Waals surface area contributed by atoms with Gasteiger partial charge in [-0.1, -0.05) is 17.7 Å². The minimum absolute atomic E-state index is 0.735. The lowest BCUT2D eigenvalue weighted by Crippen LogP contribution is -2.14. The Balaban J connectivity index is 1.68. The molecule has 102 valence electrons. The maximum atomic E-state index is 5.92. The van der Waals surface area contributed by atoms with Crippen LogP contribution in [0.5, 0.6) is 0 Å². The normalized spacial score (nSPS) is 10.8. The molecule has 0 aliphatic rings. The second-order valence-corrected chi connectivity index (χ2v) is 6.05. The Morgan fingerprint density at radius 3 is 2.85 bits per heavy atom. The van der Waals surface area contributed by atoms with Crippen molar-refractivity contribution < 1.29 is 0 Å². The number of nitrogens with zero attached hydrogens (tertiary/aromatic N) is 3. The van der Waals surface area contributed by atoms with Crippen LogP contribution in [0.4, 0.5) is 0 Å². The van der Waals surface area contributed by atoms with E-state index in [1.807, 2.05) is 30.5 Å². The summed E-state index contributed by atoms with van der Waals surface area (Å²) in [5, 5.41) is 7.63. The summed E-state index contributed by atoms with van der Waals surface area (Å²) < 4.78 is 2.60. The topological polar surface area (TPSA) is 42.7 Å². The maximum Gasteiger partial charge on any atom is 0.157 e. The van der Waals surface area contributed by atoms with E-state index in [4.69, 9.17) is 11.6 Å². The van der Waals surface area contributed by atoms with E-state index in [2.05, 4.69) is 21.5 Å². The smallest absolute Gasteiger partial charge is 0.157 e. The summed E-state index contributed by atoms with van der Waals surface area (Å²) in [6.07, 6.45) is 5.42. The van der Waals surface area contributed by atoms with Gasteiger partial charge in [0.2, 0.25) is 0 Å². The summed E-state index contributed by atoms with van der Waals surface area (Å²) in [6.45, 7) is 1.53. The molecule has 0 atom stereocenters. The molecule has 0 aliphatic carbocycles. The highest BCUT2D eigenvalue weighted by Crippen LogP contribution is 2.21. The van der Waals surface area contributed by atoms with Gasteiger partial charge in [-0.15, -0.1) is 11.3 Å². The van der Waals surface area contributed by atoms with Crippen LogP contribution in [0.3, 0.4) is 0 Å². The number of hydrogen-bond donors (Lipinski definition) is 1. The number of hydrogen-bond acceptors (Lipinski definition) is 4. The Kier molecular flexibility index (Phi) is 4.11. The van der Waals surface area contributed by atoms with Crippen molar-refractivity contribution in [1.29, 1.82) is 0 Å². The lowest BCUT2D eigenvalue weighted by Gasteiger charge is -2.09. The van der Waals surface area contributed by atoms with Crippen molar-refractivity contribution in [1.82, 2.24) is 20.1 Å². The van der Waals surface area contributed by atoms with Crippen LogP contribution in [0, 0.1) is 0 Å². The van der Waals surface area contributed by atoms with Gasteiger partial charge < -0.3 is 5.32 Å². The monoisotopic (exact) mass is 304 g/mol. The molecule has 0 spiro atoms. The summed E-state index contributed by atoms with van der Waals surface area (Å²) >= 11 is 7.51. The zero-order valence-corrected chi connectivity index (χ0v) is 12.2. The molecule has 0 bridgehead atoms. The molecule has 0 aromatic carbocycles. The van der Waals surface area contributed by atoms with Crippen molar-refractivity contribution in [3.63, 3.8) is 0 Å². The molecule has 0 radical (unpaired) electrons. The first kappa shape index (κ1) is 13.3. The van der Waals surface area contributed by atoms with Crippen molar-refractivity contribution >= 4 is 22.9 Å². The lowest BCUT2D eigenvalue weighted by atomic mass is 10.2. The van der Waals surface area contributed by atoms with Crippen LogP contribution in [0.15, 0.2) is 48.9 Å². The molecule has 0 saturated heterocycles. The molecule has 0 unspecified atom stereocenters. The fourth-order valence-corrected chi connectivity index (χ4v) is 2.99. The first-order chi connectivity index (χ1) is 9.83. The number of thiophene rings is 1. The Morgan fingerprint density at radius 1 is 1.15 bits per heavy atom. The van der Waals surface area contributed by atoms with Crippen LogP contribution in [0.25, 0.3) is 5.82 Å². The van der Waals surface area contributed by atoms with E-state index in [0.717, 1.165) is 28.8 Å². The molecule has 6 heteroatoms. The van der Waals surface area contributed by atoms with E-state index in [0.29, 0.717) is 0 Å². The zero-order valence-electron chi connectivity index (χ0n) is 10.7. The molecule has 3 rings (SSSR count). The second kappa shape index (κ2) is 6.17. The van der Waals surface area contributed by atoms with Crippen LogP contribution < -0.4 is 5.32 Å². The van der Waals surface area contributed by atoms with Gasteiger partial charge in [-0.3, -0.25) is 0 Å². The van der Waals surface area contributed by atoms with Gasteiger partial charge in [0.05, 0.1) is 4.34 Å². The van der Waals surface area contributed by atoms with Crippen molar-refractivity contribution in [3.05, 3.63) is 63.7 Å². The van der Waals surface area contributed by atoms with Crippen LogP contribution in [0.2, 0.25) is 4.34 Å². The van der Waals surface area contributed by atoms with E-state index in [-0.39, 0.29) is 0 Å². The van der Waals surface area contributed by atoms with Crippen molar-refractivity contribution in [2.75, 3.05) is 0 Å². The average molecular weight is 305 g/mol. The third-order valence-electron chi connectivity index (χ3n) is 2.83. The second-order valence-electron chi connectivity index (χ2n) is 4.25. The zero-order chi connectivity index (χ0) is 13.8. The molecule has 3 heterocycles. The lowest BCUT2D eigenvalue weighted by molar-refractivity contribution is 0.688. The Hall–Kier alpha value is -1.69. The summed E-state index contributed by atoms with van der Waals surface area (Å²) in [7, 11) is 0.